The minimum Gasteiger partial charge on any atom is -0.293 e. The number of carbonyl (C=O) groups is 1. The molecule has 0 atom stereocenters. The van der Waals surface area contributed by atoms with Crippen molar-refractivity contribution in [3.63, 3.8) is 0 Å². The summed E-state index contributed by atoms with van der Waals surface area (Å²) < 4.78 is 2.05. The number of aromatic nitrogens is 3. The Bertz CT molecular complexity index is 926. The third-order valence-electron chi connectivity index (χ3n) is 5.22. The largest absolute Gasteiger partial charge is 0.293 e. The van der Waals surface area contributed by atoms with Crippen LogP contribution in [-0.4, -0.2) is 26.3 Å². The van der Waals surface area contributed by atoms with Gasteiger partial charge >= 0.3 is 0 Å². The smallest absolute Gasteiger partial charge is 0.225 e. The molecule has 0 aliphatic heterocycles. The van der Waals surface area contributed by atoms with E-state index < -0.39 is 0 Å². The molecule has 1 saturated carbocycles. The van der Waals surface area contributed by atoms with Gasteiger partial charge < -0.3 is 0 Å². The maximum Gasteiger partial charge on any atom is 0.225 e. The maximum atomic E-state index is 12.7. The van der Waals surface area contributed by atoms with Crippen LogP contribution in [-0.2, 0) is 4.79 Å². The van der Waals surface area contributed by atoms with Crippen LogP contribution in [0.3, 0.4) is 0 Å². The molecule has 3 heterocycles. The minimum atomic E-state index is 0.0783. The molecular formula is C21H24N4O. The highest BCUT2D eigenvalue weighted by atomic mass is 16.2. The Balaban J connectivity index is 1.94. The average molecular weight is 348 g/mol. The van der Waals surface area contributed by atoms with E-state index in [2.05, 4.69) is 28.4 Å². The molecule has 134 valence electrons. The standard InChI is InChI=1S/C21H24N4O/c1-15-10-13-24-19(14-15)23-20(17-8-11-22-12-9-17)21(24)25(16(2)26)18-6-4-3-5-7-18/h8-14,18H,3-7H2,1-2H3. The third-order valence-corrected chi connectivity index (χ3v) is 5.22. The van der Waals surface area contributed by atoms with Crippen molar-refractivity contribution in [2.45, 2.75) is 52.0 Å². The van der Waals surface area contributed by atoms with E-state index in [4.69, 9.17) is 4.98 Å². The summed E-state index contributed by atoms with van der Waals surface area (Å²) in [6.07, 6.45) is 11.3. The number of hydrogen-bond donors (Lipinski definition) is 0. The summed E-state index contributed by atoms with van der Waals surface area (Å²) in [6, 6.07) is 8.28. The van der Waals surface area contributed by atoms with Crippen molar-refractivity contribution in [2.24, 2.45) is 0 Å². The molecule has 1 aliphatic rings. The molecule has 1 fully saturated rings. The predicted molar refractivity (Wildman–Crippen MR) is 103 cm³/mol. The van der Waals surface area contributed by atoms with Gasteiger partial charge in [-0.2, -0.15) is 0 Å². The zero-order valence-corrected chi connectivity index (χ0v) is 15.4. The number of hydrogen-bond acceptors (Lipinski definition) is 3. The molecule has 3 aromatic rings. The summed E-state index contributed by atoms with van der Waals surface area (Å²) in [6.45, 7) is 3.73. The summed E-state index contributed by atoms with van der Waals surface area (Å²) >= 11 is 0. The lowest BCUT2D eigenvalue weighted by atomic mass is 9.94. The number of aryl methyl sites for hydroxylation is 1. The summed E-state index contributed by atoms with van der Waals surface area (Å²) in [5.41, 5.74) is 3.86. The van der Waals surface area contributed by atoms with E-state index in [1.54, 1.807) is 19.3 Å². The quantitative estimate of drug-likeness (QED) is 0.705. The van der Waals surface area contributed by atoms with Gasteiger partial charge in [0.1, 0.15) is 17.2 Å². The van der Waals surface area contributed by atoms with Crippen LogP contribution in [0, 0.1) is 6.92 Å². The fourth-order valence-corrected chi connectivity index (χ4v) is 3.99. The Morgan fingerprint density at radius 2 is 1.88 bits per heavy atom. The van der Waals surface area contributed by atoms with Crippen LogP contribution in [0.5, 0.6) is 0 Å². The molecule has 1 aliphatic carbocycles. The predicted octanol–water partition coefficient (Wildman–Crippen LogP) is 4.39. The molecule has 26 heavy (non-hydrogen) atoms. The van der Waals surface area contributed by atoms with E-state index in [1.165, 1.54) is 19.3 Å². The van der Waals surface area contributed by atoms with E-state index in [1.807, 2.05) is 23.2 Å². The van der Waals surface area contributed by atoms with Crippen LogP contribution >= 0.6 is 0 Å². The first-order valence-electron chi connectivity index (χ1n) is 9.34. The molecule has 1 amide bonds. The molecule has 5 heteroatoms. The molecule has 0 spiro atoms. The first kappa shape index (κ1) is 16.8. The van der Waals surface area contributed by atoms with E-state index in [0.29, 0.717) is 0 Å². The summed E-state index contributed by atoms with van der Waals surface area (Å²) in [5, 5.41) is 0. The fraction of sp³-hybridized carbons (Fsp3) is 0.381. The number of anilines is 1. The molecule has 3 aromatic heterocycles. The second kappa shape index (κ2) is 6.90. The Morgan fingerprint density at radius 1 is 1.15 bits per heavy atom. The zero-order chi connectivity index (χ0) is 18.1. The van der Waals surface area contributed by atoms with Crippen molar-refractivity contribution in [2.75, 3.05) is 4.90 Å². The third kappa shape index (κ3) is 2.98. The molecule has 0 radical (unpaired) electrons. The Labute approximate surface area is 153 Å². The first-order chi connectivity index (χ1) is 12.6. The van der Waals surface area contributed by atoms with Crippen molar-refractivity contribution in [1.82, 2.24) is 14.4 Å². The van der Waals surface area contributed by atoms with Crippen LogP contribution in [0.2, 0.25) is 0 Å². The van der Waals surface area contributed by atoms with Crippen LogP contribution in [0.25, 0.3) is 16.9 Å². The number of nitrogens with zero attached hydrogens (tertiary/aromatic N) is 4. The van der Waals surface area contributed by atoms with E-state index >= 15 is 0 Å². The summed E-state index contributed by atoms with van der Waals surface area (Å²) in [5.74, 6) is 0.959. The topological polar surface area (TPSA) is 50.5 Å². The van der Waals surface area contributed by atoms with Gasteiger partial charge in [0.25, 0.3) is 0 Å². The lowest BCUT2D eigenvalue weighted by Crippen LogP contribution is -2.41. The minimum absolute atomic E-state index is 0.0783. The highest BCUT2D eigenvalue weighted by Crippen LogP contribution is 2.35. The highest BCUT2D eigenvalue weighted by Gasteiger charge is 2.30. The number of imidazole rings is 1. The van der Waals surface area contributed by atoms with Crippen LogP contribution < -0.4 is 4.90 Å². The zero-order valence-electron chi connectivity index (χ0n) is 15.4. The number of rotatable bonds is 3. The lowest BCUT2D eigenvalue weighted by Gasteiger charge is -2.33. The van der Waals surface area contributed by atoms with E-state index in [-0.39, 0.29) is 11.9 Å². The second-order valence-corrected chi connectivity index (χ2v) is 7.13. The Hall–Kier alpha value is -2.69. The first-order valence-corrected chi connectivity index (χ1v) is 9.34. The van der Waals surface area contributed by atoms with Crippen molar-refractivity contribution in [3.05, 3.63) is 48.4 Å². The van der Waals surface area contributed by atoms with Crippen molar-refractivity contribution < 1.29 is 4.79 Å². The van der Waals surface area contributed by atoms with E-state index in [0.717, 1.165) is 41.1 Å². The van der Waals surface area contributed by atoms with Crippen LogP contribution in [0.1, 0.15) is 44.6 Å². The highest BCUT2D eigenvalue weighted by molar-refractivity contribution is 5.96. The molecule has 0 aromatic carbocycles. The molecule has 5 nitrogen and oxygen atoms in total. The van der Waals surface area contributed by atoms with Gasteiger partial charge in [0.15, 0.2) is 0 Å². The Morgan fingerprint density at radius 3 is 2.58 bits per heavy atom. The fourth-order valence-electron chi connectivity index (χ4n) is 3.99. The Kier molecular flexibility index (Phi) is 4.45. The molecule has 4 rings (SSSR count). The van der Waals surface area contributed by atoms with Gasteiger partial charge in [-0.3, -0.25) is 19.1 Å². The van der Waals surface area contributed by atoms with Crippen molar-refractivity contribution in [3.8, 4) is 11.3 Å². The molecule has 0 unspecified atom stereocenters. The number of pyridine rings is 2. The number of amides is 1. The SMILES string of the molecule is CC(=O)N(c1c(-c2ccncc2)nc2cc(C)ccn12)C1CCCCC1. The van der Waals surface area contributed by atoms with Crippen LogP contribution in [0.15, 0.2) is 42.9 Å². The summed E-state index contributed by atoms with van der Waals surface area (Å²) in [4.78, 5) is 23.7. The average Bonchev–Trinajstić information content (AvgIpc) is 3.01. The van der Waals surface area contributed by atoms with Gasteiger partial charge in [-0.05, 0) is 49.6 Å². The van der Waals surface area contributed by atoms with Gasteiger partial charge in [-0.1, -0.05) is 19.3 Å². The monoisotopic (exact) mass is 348 g/mol. The molecule has 0 saturated heterocycles. The van der Waals surface area contributed by atoms with Gasteiger partial charge in [0, 0.05) is 37.1 Å². The van der Waals surface area contributed by atoms with Gasteiger partial charge in [-0.25, -0.2) is 4.98 Å². The van der Waals surface area contributed by atoms with Gasteiger partial charge in [-0.15, -0.1) is 0 Å². The number of fused-ring (bicyclic) bond motifs is 1. The number of carbonyl (C=O) groups excluding carboxylic acids is 1. The van der Waals surface area contributed by atoms with Crippen molar-refractivity contribution in [1.29, 1.82) is 0 Å². The van der Waals surface area contributed by atoms with Gasteiger partial charge in [0.05, 0.1) is 0 Å². The molecular weight excluding hydrogens is 324 g/mol. The van der Waals surface area contributed by atoms with E-state index in [9.17, 15) is 4.79 Å². The van der Waals surface area contributed by atoms with Gasteiger partial charge in [0.2, 0.25) is 5.91 Å². The lowest BCUT2D eigenvalue weighted by molar-refractivity contribution is -0.117. The molecule has 0 N–H and O–H groups in total. The molecule has 0 bridgehead atoms. The maximum absolute atomic E-state index is 12.7. The second-order valence-electron chi connectivity index (χ2n) is 7.13. The van der Waals surface area contributed by atoms with Crippen molar-refractivity contribution >= 4 is 17.4 Å². The normalized spacial score (nSPS) is 15.3. The summed E-state index contributed by atoms with van der Waals surface area (Å²) in [7, 11) is 0. The van der Waals surface area contributed by atoms with Crippen LogP contribution in [0.4, 0.5) is 5.82 Å².